The van der Waals surface area contributed by atoms with Gasteiger partial charge in [0.2, 0.25) is 0 Å². The molecule has 2 aliphatic carbocycles. The lowest BCUT2D eigenvalue weighted by Gasteiger charge is -2.43. The Labute approximate surface area is 63.0 Å². The summed E-state index contributed by atoms with van der Waals surface area (Å²) in [7, 11) is 0. The Kier molecular flexibility index (Phi) is 1.31. The van der Waals surface area contributed by atoms with Crippen LogP contribution in [0.2, 0.25) is 0 Å². The molecule has 2 aliphatic rings. The molecule has 0 amide bonds. The molecule has 0 aromatic carbocycles. The third kappa shape index (κ3) is 1.20. The fourth-order valence-electron chi connectivity index (χ4n) is 2.39. The van der Waals surface area contributed by atoms with E-state index in [1.807, 2.05) is 0 Å². The highest BCUT2D eigenvalue weighted by Gasteiger charge is 2.41. The maximum absolute atomic E-state index is 6.13. The molecule has 0 saturated heterocycles. The highest BCUT2D eigenvalue weighted by Crippen LogP contribution is 2.45. The summed E-state index contributed by atoms with van der Waals surface area (Å²) < 4.78 is 0. The largest absolute Gasteiger partial charge is 0.325 e. The molecule has 1 nitrogen and oxygen atoms in total. The monoisotopic (exact) mass is 139 g/mol. The molecule has 0 radical (unpaired) electrons. The topological polar surface area (TPSA) is 26.0 Å². The predicted molar refractivity (Wildman–Crippen MR) is 42.7 cm³/mol. The summed E-state index contributed by atoms with van der Waals surface area (Å²) in [6, 6.07) is 0. The van der Waals surface area contributed by atoms with Crippen LogP contribution in [0.4, 0.5) is 0 Å². The zero-order chi connectivity index (χ0) is 7.19. The lowest BCUT2D eigenvalue weighted by atomic mass is 9.67. The van der Waals surface area contributed by atoms with Crippen molar-refractivity contribution in [2.24, 2.45) is 17.6 Å². The minimum atomic E-state index is 0.278. The summed E-state index contributed by atoms with van der Waals surface area (Å²) in [4.78, 5) is 0. The molecule has 1 heteroatoms. The van der Waals surface area contributed by atoms with E-state index in [4.69, 9.17) is 5.73 Å². The second kappa shape index (κ2) is 1.97. The van der Waals surface area contributed by atoms with Gasteiger partial charge in [-0.1, -0.05) is 19.8 Å². The quantitative estimate of drug-likeness (QED) is 0.621. The minimum Gasteiger partial charge on any atom is -0.325 e. The van der Waals surface area contributed by atoms with E-state index < -0.39 is 0 Å². The van der Waals surface area contributed by atoms with Crippen LogP contribution in [-0.2, 0) is 0 Å². The lowest BCUT2D eigenvalue weighted by Crippen LogP contribution is -2.51. The third-order valence-corrected chi connectivity index (χ3v) is 2.90. The van der Waals surface area contributed by atoms with Gasteiger partial charge in [0.25, 0.3) is 0 Å². The third-order valence-electron chi connectivity index (χ3n) is 2.90. The molecular formula is C9H17N. The van der Waals surface area contributed by atoms with Gasteiger partial charge in [-0.3, -0.25) is 0 Å². The smallest absolute Gasteiger partial charge is 0.0162 e. The van der Waals surface area contributed by atoms with Crippen molar-refractivity contribution in [1.29, 1.82) is 0 Å². The lowest BCUT2D eigenvalue weighted by molar-refractivity contribution is 0.144. The molecule has 0 spiro atoms. The van der Waals surface area contributed by atoms with Crippen LogP contribution >= 0.6 is 0 Å². The first-order valence-electron chi connectivity index (χ1n) is 4.47. The zero-order valence-electron chi connectivity index (χ0n) is 6.77. The fourth-order valence-corrected chi connectivity index (χ4v) is 2.39. The Bertz CT molecular complexity index is 132. The Hall–Kier alpha value is -0.0400. The molecule has 0 heterocycles. The van der Waals surface area contributed by atoms with Crippen molar-refractivity contribution < 1.29 is 0 Å². The average Bonchev–Trinajstić information content (AvgIpc) is 2.45. The molecule has 2 saturated carbocycles. The molecular weight excluding hydrogens is 122 g/mol. The molecule has 0 aliphatic heterocycles. The van der Waals surface area contributed by atoms with Gasteiger partial charge in [-0.2, -0.15) is 0 Å². The highest BCUT2D eigenvalue weighted by molar-refractivity contribution is 4.99. The molecule has 2 fully saturated rings. The summed E-state index contributed by atoms with van der Waals surface area (Å²) in [5, 5.41) is 0. The first-order valence-corrected chi connectivity index (χ1v) is 4.47. The van der Waals surface area contributed by atoms with Crippen molar-refractivity contribution in [2.45, 2.75) is 44.6 Å². The van der Waals surface area contributed by atoms with E-state index in [1.54, 1.807) is 0 Å². The van der Waals surface area contributed by atoms with E-state index in [1.165, 1.54) is 32.1 Å². The number of hydrogen-bond acceptors (Lipinski definition) is 1. The van der Waals surface area contributed by atoms with Gasteiger partial charge in [-0.05, 0) is 31.1 Å². The van der Waals surface area contributed by atoms with Crippen molar-refractivity contribution in [1.82, 2.24) is 0 Å². The molecule has 0 atom stereocenters. The molecule has 10 heavy (non-hydrogen) atoms. The molecule has 0 aromatic heterocycles. The van der Waals surface area contributed by atoms with Crippen LogP contribution < -0.4 is 5.73 Å². The molecule has 2 N–H and O–H groups in total. The van der Waals surface area contributed by atoms with Crippen LogP contribution in [-0.4, -0.2) is 5.54 Å². The summed E-state index contributed by atoms with van der Waals surface area (Å²) in [5.74, 6) is 1.92. The Morgan fingerprint density at radius 1 is 1.40 bits per heavy atom. The van der Waals surface area contributed by atoms with Crippen molar-refractivity contribution in [3.05, 3.63) is 0 Å². The van der Waals surface area contributed by atoms with Crippen LogP contribution in [0.15, 0.2) is 0 Å². The van der Waals surface area contributed by atoms with Gasteiger partial charge in [-0.15, -0.1) is 0 Å². The molecule has 0 bridgehead atoms. The van der Waals surface area contributed by atoms with Gasteiger partial charge in [0.1, 0.15) is 0 Å². The average molecular weight is 139 g/mol. The van der Waals surface area contributed by atoms with Crippen LogP contribution in [0, 0.1) is 11.8 Å². The van der Waals surface area contributed by atoms with Gasteiger partial charge in [-0.25, -0.2) is 0 Å². The van der Waals surface area contributed by atoms with Gasteiger partial charge in [0.15, 0.2) is 0 Å². The summed E-state index contributed by atoms with van der Waals surface area (Å²) in [6.45, 7) is 2.30. The number of nitrogens with two attached hydrogens (primary N) is 1. The summed E-state index contributed by atoms with van der Waals surface area (Å²) in [6.07, 6.45) is 6.78. The molecule has 0 aromatic rings. The van der Waals surface area contributed by atoms with E-state index in [9.17, 15) is 0 Å². The van der Waals surface area contributed by atoms with E-state index in [2.05, 4.69) is 6.92 Å². The second-order valence-corrected chi connectivity index (χ2v) is 4.52. The van der Waals surface area contributed by atoms with Gasteiger partial charge < -0.3 is 5.73 Å². The summed E-state index contributed by atoms with van der Waals surface area (Å²) >= 11 is 0. The minimum absolute atomic E-state index is 0.278. The van der Waals surface area contributed by atoms with Crippen molar-refractivity contribution >= 4 is 0 Å². The SMILES string of the molecule is CC1CC(N)(CC2CC2)C1. The maximum atomic E-state index is 6.13. The normalized spacial score (nSPS) is 46.8. The Morgan fingerprint density at radius 3 is 2.40 bits per heavy atom. The number of rotatable bonds is 2. The summed E-state index contributed by atoms with van der Waals surface area (Å²) in [5.41, 5.74) is 6.41. The fraction of sp³-hybridized carbons (Fsp3) is 1.00. The van der Waals surface area contributed by atoms with Gasteiger partial charge in [0, 0.05) is 5.54 Å². The van der Waals surface area contributed by atoms with Crippen molar-refractivity contribution in [2.75, 3.05) is 0 Å². The zero-order valence-corrected chi connectivity index (χ0v) is 6.77. The first kappa shape index (κ1) is 6.66. The van der Waals surface area contributed by atoms with Gasteiger partial charge >= 0.3 is 0 Å². The number of hydrogen-bond donors (Lipinski definition) is 1. The second-order valence-electron chi connectivity index (χ2n) is 4.52. The van der Waals surface area contributed by atoms with E-state index in [-0.39, 0.29) is 5.54 Å². The van der Waals surface area contributed by atoms with Crippen LogP contribution in [0.3, 0.4) is 0 Å². The molecule has 0 unspecified atom stereocenters. The first-order chi connectivity index (χ1) is 4.68. The van der Waals surface area contributed by atoms with Crippen LogP contribution in [0.1, 0.15) is 39.0 Å². The van der Waals surface area contributed by atoms with Gasteiger partial charge in [0.05, 0.1) is 0 Å². The Morgan fingerprint density at radius 2 is 2.00 bits per heavy atom. The Balaban J connectivity index is 1.79. The highest BCUT2D eigenvalue weighted by atomic mass is 14.8. The van der Waals surface area contributed by atoms with E-state index >= 15 is 0 Å². The van der Waals surface area contributed by atoms with E-state index in [0.717, 1.165) is 11.8 Å². The van der Waals surface area contributed by atoms with Crippen LogP contribution in [0.25, 0.3) is 0 Å². The molecule has 58 valence electrons. The molecule has 2 rings (SSSR count). The van der Waals surface area contributed by atoms with Crippen LogP contribution in [0.5, 0.6) is 0 Å². The predicted octanol–water partition coefficient (Wildman–Crippen LogP) is 1.91. The standard InChI is InChI=1S/C9H17N/c1-7-4-9(10,5-7)6-8-2-3-8/h7-8H,2-6,10H2,1H3. The van der Waals surface area contributed by atoms with E-state index in [0.29, 0.717) is 0 Å². The van der Waals surface area contributed by atoms with Crippen molar-refractivity contribution in [3.8, 4) is 0 Å². The maximum Gasteiger partial charge on any atom is 0.0162 e. The van der Waals surface area contributed by atoms with Crippen molar-refractivity contribution in [3.63, 3.8) is 0 Å².